The Kier molecular flexibility index (Phi) is 5.56. The number of aliphatic hydroxyl groups excluding tert-OH is 1. The molecule has 146 valence electrons. The number of benzene rings is 1. The molecule has 2 rings (SSSR count). The summed E-state index contributed by atoms with van der Waals surface area (Å²) in [6, 6.07) is 3.79. The molecule has 8 heteroatoms. The second-order valence-corrected chi connectivity index (χ2v) is 7.52. The molecule has 1 amide bonds. The van der Waals surface area contributed by atoms with Crippen molar-refractivity contribution in [3.63, 3.8) is 0 Å². The molecule has 0 bridgehead atoms. The third kappa shape index (κ3) is 4.87. The van der Waals surface area contributed by atoms with Crippen molar-refractivity contribution in [2.75, 3.05) is 13.1 Å². The van der Waals surface area contributed by atoms with Crippen LogP contribution in [0.1, 0.15) is 50.8 Å². The zero-order chi connectivity index (χ0) is 19.8. The van der Waals surface area contributed by atoms with Crippen LogP contribution in [0.25, 0.3) is 0 Å². The number of hydrogen-bond acceptors (Lipinski definition) is 3. The van der Waals surface area contributed by atoms with Crippen LogP contribution in [0.15, 0.2) is 24.3 Å². The Morgan fingerprint density at radius 2 is 1.65 bits per heavy atom. The van der Waals surface area contributed by atoms with E-state index in [1.165, 1.54) is 4.90 Å². The second kappa shape index (κ2) is 7.06. The van der Waals surface area contributed by atoms with E-state index in [1.807, 2.05) is 0 Å². The van der Waals surface area contributed by atoms with Crippen LogP contribution in [0.2, 0.25) is 0 Å². The highest BCUT2D eigenvalue weighted by Crippen LogP contribution is 2.39. The third-order valence-electron chi connectivity index (χ3n) is 4.29. The number of halogens is 4. The van der Waals surface area contributed by atoms with E-state index >= 15 is 4.39 Å². The van der Waals surface area contributed by atoms with E-state index in [4.69, 9.17) is 4.74 Å². The summed E-state index contributed by atoms with van der Waals surface area (Å²) in [5.41, 5.74) is -3.47. The van der Waals surface area contributed by atoms with E-state index in [-0.39, 0.29) is 31.5 Å². The number of carbonyl (C=O) groups is 1. The van der Waals surface area contributed by atoms with Gasteiger partial charge in [0.15, 0.2) is 0 Å². The predicted octanol–water partition coefficient (Wildman–Crippen LogP) is 4.48. The van der Waals surface area contributed by atoms with Gasteiger partial charge in [0.2, 0.25) is 0 Å². The van der Waals surface area contributed by atoms with Crippen LogP contribution in [0.4, 0.5) is 22.4 Å². The first kappa shape index (κ1) is 20.5. The first-order valence-electron chi connectivity index (χ1n) is 8.34. The predicted molar refractivity (Wildman–Crippen MR) is 87.3 cm³/mol. The summed E-state index contributed by atoms with van der Waals surface area (Å²) in [6.45, 7) is 5.29. The molecule has 1 fully saturated rings. The van der Waals surface area contributed by atoms with E-state index in [9.17, 15) is 23.1 Å². The van der Waals surface area contributed by atoms with Gasteiger partial charge in [-0.3, -0.25) is 0 Å². The fourth-order valence-electron chi connectivity index (χ4n) is 2.81. The largest absolute Gasteiger partial charge is 0.444 e. The van der Waals surface area contributed by atoms with Crippen molar-refractivity contribution < 1.29 is 32.2 Å². The number of piperidine rings is 1. The lowest BCUT2D eigenvalue weighted by molar-refractivity contribution is -0.137. The van der Waals surface area contributed by atoms with Crippen LogP contribution < -0.4 is 0 Å². The summed E-state index contributed by atoms with van der Waals surface area (Å²) in [6.07, 6.45) is -6.87. The molecule has 1 aliphatic heterocycles. The maximum Gasteiger partial charge on any atom is 0.416 e. The summed E-state index contributed by atoms with van der Waals surface area (Å²) in [5, 5.41) is 10.3. The summed E-state index contributed by atoms with van der Waals surface area (Å²) in [4.78, 5) is 13.4. The van der Waals surface area contributed by atoms with Crippen molar-refractivity contribution in [1.29, 1.82) is 0 Å². The van der Waals surface area contributed by atoms with Crippen molar-refractivity contribution in [2.45, 2.75) is 57.2 Å². The minimum absolute atomic E-state index is 0.0586. The monoisotopic (exact) mass is 377 g/mol. The molecule has 1 saturated heterocycles. The molecular weight excluding hydrogens is 354 g/mol. The summed E-state index contributed by atoms with van der Waals surface area (Å²) >= 11 is 0. The van der Waals surface area contributed by atoms with Crippen molar-refractivity contribution in [3.05, 3.63) is 35.4 Å². The van der Waals surface area contributed by atoms with E-state index in [0.29, 0.717) is 0 Å². The van der Waals surface area contributed by atoms with Crippen molar-refractivity contribution in [3.8, 4) is 0 Å². The minimum Gasteiger partial charge on any atom is -0.444 e. The average molecular weight is 377 g/mol. The van der Waals surface area contributed by atoms with Gasteiger partial charge in [0.25, 0.3) is 0 Å². The van der Waals surface area contributed by atoms with Gasteiger partial charge in [-0.25, -0.2) is 9.18 Å². The smallest absolute Gasteiger partial charge is 0.416 e. The molecular formula is C18H23F4NO3. The molecule has 0 aliphatic carbocycles. The number of amides is 1. The third-order valence-corrected chi connectivity index (χ3v) is 4.29. The number of alkyl halides is 4. The number of ether oxygens (including phenoxy) is 1. The van der Waals surface area contributed by atoms with Crippen LogP contribution in [-0.4, -0.2) is 40.5 Å². The van der Waals surface area contributed by atoms with Gasteiger partial charge in [0.05, 0.1) is 5.56 Å². The number of hydrogen-bond donors (Lipinski definition) is 1. The molecule has 0 spiro atoms. The SMILES string of the molecule is CC(C)(C)OC(=O)N1CCC(F)([C@H](O)c2ccc(C(F)(F)F)cc2)CC1. The van der Waals surface area contributed by atoms with Gasteiger partial charge in [-0.15, -0.1) is 0 Å². The molecule has 4 nitrogen and oxygen atoms in total. The average Bonchev–Trinajstić information content (AvgIpc) is 2.52. The Morgan fingerprint density at radius 1 is 1.15 bits per heavy atom. The van der Waals surface area contributed by atoms with Crippen molar-refractivity contribution >= 4 is 6.09 Å². The Morgan fingerprint density at radius 3 is 2.08 bits per heavy atom. The molecule has 1 heterocycles. The van der Waals surface area contributed by atoms with Gasteiger partial charge in [-0.2, -0.15) is 13.2 Å². The van der Waals surface area contributed by atoms with E-state index < -0.39 is 35.2 Å². The molecule has 0 saturated carbocycles. The Labute approximate surface area is 149 Å². The molecule has 1 aliphatic rings. The topological polar surface area (TPSA) is 49.8 Å². The Bertz CT molecular complexity index is 629. The number of rotatable bonds is 2. The van der Waals surface area contributed by atoms with Crippen LogP contribution in [0.5, 0.6) is 0 Å². The Balaban J connectivity index is 2.02. The first-order chi connectivity index (χ1) is 11.8. The maximum atomic E-state index is 15.1. The second-order valence-electron chi connectivity index (χ2n) is 7.52. The molecule has 26 heavy (non-hydrogen) atoms. The standard InChI is InChI=1S/C18H23F4NO3/c1-16(2,3)26-15(25)23-10-8-17(19,9-11-23)14(24)12-4-6-13(7-5-12)18(20,21)22/h4-7,14,24H,8-11H2,1-3H3/t14-/m1/s1. The molecule has 0 radical (unpaired) electrons. The summed E-state index contributed by atoms with van der Waals surface area (Å²) in [5.74, 6) is 0. The number of nitrogens with zero attached hydrogens (tertiary/aromatic N) is 1. The lowest BCUT2D eigenvalue weighted by atomic mass is 9.84. The van der Waals surface area contributed by atoms with Crippen LogP contribution in [0.3, 0.4) is 0 Å². The number of aliphatic hydroxyl groups is 1. The normalized spacial score (nSPS) is 19.2. The fourth-order valence-corrected chi connectivity index (χ4v) is 2.81. The number of carbonyl (C=O) groups excluding carboxylic acids is 1. The van der Waals surface area contributed by atoms with Crippen LogP contribution in [-0.2, 0) is 10.9 Å². The van der Waals surface area contributed by atoms with E-state index in [2.05, 4.69) is 0 Å². The van der Waals surface area contributed by atoms with Gasteiger partial charge in [0, 0.05) is 25.9 Å². The Hall–Kier alpha value is -1.83. The van der Waals surface area contributed by atoms with E-state index in [0.717, 1.165) is 24.3 Å². The molecule has 1 N–H and O–H groups in total. The van der Waals surface area contributed by atoms with E-state index in [1.54, 1.807) is 20.8 Å². The van der Waals surface area contributed by atoms with Gasteiger partial charge >= 0.3 is 12.3 Å². The number of likely N-dealkylation sites (tertiary alicyclic amines) is 1. The molecule has 1 aromatic rings. The lowest BCUT2D eigenvalue weighted by Crippen LogP contribution is -2.48. The quantitative estimate of drug-likeness (QED) is 0.774. The molecule has 0 unspecified atom stereocenters. The maximum absolute atomic E-state index is 15.1. The zero-order valence-electron chi connectivity index (χ0n) is 14.9. The molecule has 0 aromatic heterocycles. The van der Waals surface area contributed by atoms with Gasteiger partial charge in [0.1, 0.15) is 17.4 Å². The minimum atomic E-state index is -4.49. The molecule has 1 aromatic carbocycles. The summed E-state index contributed by atoms with van der Waals surface area (Å²) < 4.78 is 58.1. The van der Waals surface area contributed by atoms with Crippen LogP contribution in [0, 0.1) is 0 Å². The lowest BCUT2D eigenvalue weighted by Gasteiger charge is -2.39. The summed E-state index contributed by atoms with van der Waals surface area (Å²) in [7, 11) is 0. The fraction of sp³-hybridized carbons (Fsp3) is 0.611. The highest BCUT2D eigenvalue weighted by Gasteiger charge is 2.43. The van der Waals surface area contributed by atoms with Crippen molar-refractivity contribution in [1.82, 2.24) is 4.90 Å². The molecule has 1 atom stereocenters. The highest BCUT2D eigenvalue weighted by atomic mass is 19.4. The van der Waals surface area contributed by atoms with Gasteiger partial charge < -0.3 is 14.7 Å². The zero-order valence-corrected chi connectivity index (χ0v) is 14.9. The van der Waals surface area contributed by atoms with Crippen molar-refractivity contribution in [2.24, 2.45) is 0 Å². The van der Waals surface area contributed by atoms with Crippen LogP contribution >= 0.6 is 0 Å². The first-order valence-corrected chi connectivity index (χ1v) is 8.34. The van der Waals surface area contributed by atoms with Gasteiger partial charge in [-0.1, -0.05) is 12.1 Å². The highest BCUT2D eigenvalue weighted by molar-refractivity contribution is 5.68. The van der Waals surface area contributed by atoms with Gasteiger partial charge in [-0.05, 0) is 38.5 Å².